The standard InChI is InChI=1S/C17H16Cl2N2O2/c18-13-7-6-11(10-14(13)19)17(23)12-4-1-2-5-15(12)21(16(17)22)9-3-8-20/h1-2,4-7,10,23H,3,8-9,20H2. The minimum atomic E-state index is -1.76. The molecule has 1 amide bonds. The maximum absolute atomic E-state index is 12.9. The molecule has 1 unspecified atom stereocenters. The molecule has 1 heterocycles. The number of nitrogens with two attached hydrogens (primary N) is 1. The Hall–Kier alpha value is -1.59. The van der Waals surface area contributed by atoms with E-state index in [4.69, 9.17) is 28.9 Å². The van der Waals surface area contributed by atoms with Crippen LogP contribution in [-0.4, -0.2) is 24.1 Å². The molecule has 0 spiro atoms. The number of benzene rings is 2. The normalized spacial score (nSPS) is 20.0. The molecule has 1 atom stereocenters. The average Bonchev–Trinajstić information content (AvgIpc) is 2.78. The summed E-state index contributed by atoms with van der Waals surface area (Å²) in [6.45, 7) is 0.924. The lowest BCUT2D eigenvalue weighted by atomic mass is 9.87. The van der Waals surface area contributed by atoms with Crippen LogP contribution in [0.15, 0.2) is 42.5 Å². The van der Waals surface area contributed by atoms with Crippen LogP contribution in [-0.2, 0) is 10.4 Å². The molecule has 6 heteroatoms. The third-order valence-corrected chi connectivity index (χ3v) is 4.80. The van der Waals surface area contributed by atoms with Gasteiger partial charge in [0, 0.05) is 12.1 Å². The van der Waals surface area contributed by atoms with E-state index in [1.54, 1.807) is 29.2 Å². The zero-order chi connectivity index (χ0) is 16.6. The van der Waals surface area contributed by atoms with Crippen molar-refractivity contribution in [3.05, 3.63) is 63.6 Å². The molecule has 2 aromatic carbocycles. The van der Waals surface area contributed by atoms with Crippen molar-refractivity contribution in [2.75, 3.05) is 18.0 Å². The topological polar surface area (TPSA) is 66.6 Å². The smallest absolute Gasteiger partial charge is 0.268 e. The number of amides is 1. The third kappa shape index (κ3) is 2.52. The van der Waals surface area contributed by atoms with Gasteiger partial charge >= 0.3 is 0 Å². The van der Waals surface area contributed by atoms with E-state index < -0.39 is 11.5 Å². The van der Waals surface area contributed by atoms with Crippen LogP contribution in [0.2, 0.25) is 10.0 Å². The van der Waals surface area contributed by atoms with Crippen LogP contribution in [0.1, 0.15) is 17.5 Å². The number of carbonyl (C=O) groups is 1. The highest BCUT2D eigenvalue weighted by Crippen LogP contribution is 2.45. The van der Waals surface area contributed by atoms with E-state index in [0.29, 0.717) is 46.4 Å². The molecule has 3 rings (SSSR count). The van der Waals surface area contributed by atoms with Gasteiger partial charge in [0.25, 0.3) is 5.91 Å². The molecule has 2 aromatic rings. The second kappa shape index (κ2) is 6.13. The van der Waals surface area contributed by atoms with Gasteiger partial charge in [-0.25, -0.2) is 0 Å². The maximum atomic E-state index is 12.9. The number of nitrogens with zero attached hydrogens (tertiary/aromatic N) is 1. The molecule has 0 aromatic heterocycles. The van der Waals surface area contributed by atoms with E-state index >= 15 is 0 Å². The van der Waals surface area contributed by atoms with Gasteiger partial charge in [0.2, 0.25) is 0 Å². The van der Waals surface area contributed by atoms with E-state index in [2.05, 4.69) is 0 Å². The van der Waals surface area contributed by atoms with Crippen molar-refractivity contribution < 1.29 is 9.90 Å². The van der Waals surface area contributed by atoms with Crippen LogP contribution >= 0.6 is 23.2 Å². The summed E-state index contributed by atoms with van der Waals surface area (Å²) < 4.78 is 0. The predicted octanol–water partition coefficient (Wildman–Crippen LogP) is 2.92. The van der Waals surface area contributed by atoms with E-state index in [1.807, 2.05) is 12.1 Å². The summed E-state index contributed by atoms with van der Waals surface area (Å²) in [6, 6.07) is 11.9. The first-order valence-corrected chi connectivity index (χ1v) is 8.05. The van der Waals surface area contributed by atoms with Crippen molar-refractivity contribution in [2.45, 2.75) is 12.0 Å². The van der Waals surface area contributed by atoms with Crippen molar-refractivity contribution in [3.8, 4) is 0 Å². The van der Waals surface area contributed by atoms with Crippen molar-refractivity contribution >= 4 is 34.8 Å². The summed E-state index contributed by atoms with van der Waals surface area (Å²) >= 11 is 12.0. The van der Waals surface area contributed by atoms with E-state index in [0.717, 1.165) is 0 Å². The van der Waals surface area contributed by atoms with Gasteiger partial charge in [-0.05, 0) is 36.7 Å². The van der Waals surface area contributed by atoms with Gasteiger partial charge < -0.3 is 15.7 Å². The lowest BCUT2D eigenvalue weighted by Crippen LogP contribution is -2.41. The number of carbonyl (C=O) groups excluding carboxylic acids is 1. The van der Waals surface area contributed by atoms with Crippen LogP contribution in [0.5, 0.6) is 0 Å². The maximum Gasteiger partial charge on any atom is 0.268 e. The Labute approximate surface area is 144 Å². The summed E-state index contributed by atoms with van der Waals surface area (Å²) in [7, 11) is 0. The molecule has 0 fully saturated rings. The number of aliphatic hydroxyl groups is 1. The molecule has 120 valence electrons. The lowest BCUT2D eigenvalue weighted by Gasteiger charge is -2.24. The van der Waals surface area contributed by atoms with Gasteiger partial charge in [-0.15, -0.1) is 0 Å². The zero-order valence-corrected chi connectivity index (χ0v) is 13.8. The number of fused-ring (bicyclic) bond motifs is 1. The Morgan fingerprint density at radius 2 is 1.87 bits per heavy atom. The Morgan fingerprint density at radius 1 is 1.13 bits per heavy atom. The molecule has 0 saturated carbocycles. The molecule has 1 aliphatic heterocycles. The number of halogens is 2. The first-order valence-electron chi connectivity index (χ1n) is 7.29. The van der Waals surface area contributed by atoms with Crippen LogP contribution < -0.4 is 10.6 Å². The fraction of sp³-hybridized carbons (Fsp3) is 0.235. The van der Waals surface area contributed by atoms with Gasteiger partial charge in [-0.2, -0.15) is 0 Å². The fourth-order valence-corrected chi connectivity index (χ4v) is 3.20. The molecule has 0 bridgehead atoms. The second-order valence-electron chi connectivity index (χ2n) is 5.46. The average molecular weight is 351 g/mol. The summed E-state index contributed by atoms with van der Waals surface area (Å²) in [4.78, 5) is 14.5. The Morgan fingerprint density at radius 3 is 2.57 bits per heavy atom. The molecular formula is C17H16Cl2N2O2. The van der Waals surface area contributed by atoms with E-state index in [9.17, 15) is 9.90 Å². The summed E-state index contributed by atoms with van der Waals surface area (Å²) in [5.41, 5.74) is 5.43. The molecule has 0 saturated heterocycles. The monoisotopic (exact) mass is 350 g/mol. The number of hydrogen-bond acceptors (Lipinski definition) is 3. The molecule has 3 N–H and O–H groups in total. The Kier molecular flexibility index (Phi) is 4.34. The summed E-state index contributed by atoms with van der Waals surface area (Å²) in [5, 5.41) is 11.9. The molecular weight excluding hydrogens is 335 g/mol. The van der Waals surface area contributed by atoms with Gasteiger partial charge in [0.15, 0.2) is 5.60 Å². The van der Waals surface area contributed by atoms with Crippen molar-refractivity contribution in [2.24, 2.45) is 5.73 Å². The molecule has 0 radical (unpaired) electrons. The first-order chi connectivity index (χ1) is 11.0. The fourth-order valence-electron chi connectivity index (χ4n) is 2.91. The van der Waals surface area contributed by atoms with Crippen LogP contribution in [0.25, 0.3) is 0 Å². The van der Waals surface area contributed by atoms with Crippen molar-refractivity contribution in [1.29, 1.82) is 0 Å². The highest BCUT2D eigenvalue weighted by atomic mass is 35.5. The number of rotatable bonds is 4. The molecule has 4 nitrogen and oxygen atoms in total. The van der Waals surface area contributed by atoms with Gasteiger partial charge in [-0.3, -0.25) is 4.79 Å². The van der Waals surface area contributed by atoms with E-state index in [-0.39, 0.29) is 0 Å². The minimum Gasteiger partial charge on any atom is -0.372 e. The third-order valence-electron chi connectivity index (χ3n) is 4.06. The summed E-state index contributed by atoms with van der Waals surface area (Å²) in [5.74, 6) is -0.398. The molecule has 23 heavy (non-hydrogen) atoms. The quantitative estimate of drug-likeness (QED) is 0.890. The minimum absolute atomic E-state index is 0.295. The zero-order valence-electron chi connectivity index (χ0n) is 12.3. The lowest BCUT2D eigenvalue weighted by molar-refractivity contribution is -0.132. The van der Waals surface area contributed by atoms with Crippen LogP contribution in [0.3, 0.4) is 0 Å². The number of anilines is 1. The molecule has 1 aliphatic rings. The van der Waals surface area contributed by atoms with Gasteiger partial charge in [0.1, 0.15) is 0 Å². The Bertz CT molecular complexity index is 766. The highest BCUT2D eigenvalue weighted by Gasteiger charge is 2.50. The van der Waals surface area contributed by atoms with Gasteiger partial charge in [0.05, 0.1) is 15.7 Å². The SMILES string of the molecule is NCCCN1C(=O)C(O)(c2ccc(Cl)c(Cl)c2)c2ccccc21. The molecule has 0 aliphatic carbocycles. The Balaban J connectivity index is 2.14. The second-order valence-corrected chi connectivity index (χ2v) is 6.27. The highest BCUT2D eigenvalue weighted by molar-refractivity contribution is 6.42. The largest absolute Gasteiger partial charge is 0.372 e. The number of para-hydroxylation sites is 1. The van der Waals surface area contributed by atoms with E-state index in [1.165, 1.54) is 6.07 Å². The number of hydrogen-bond donors (Lipinski definition) is 2. The van der Waals surface area contributed by atoms with Crippen LogP contribution in [0, 0.1) is 0 Å². The van der Waals surface area contributed by atoms with Crippen molar-refractivity contribution in [3.63, 3.8) is 0 Å². The van der Waals surface area contributed by atoms with Crippen LogP contribution in [0.4, 0.5) is 5.69 Å². The van der Waals surface area contributed by atoms with Gasteiger partial charge in [-0.1, -0.05) is 47.5 Å². The first kappa shape index (κ1) is 16.3. The van der Waals surface area contributed by atoms with Crippen molar-refractivity contribution in [1.82, 2.24) is 0 Å². The summed E-state index contributed by atoms with van der Waals surface area (Å²) in [6.07, 6.45) is 0.650. The predicted molar refractivity (Wildman–Crippen MR) is 91.9 cm³/mol.